The van der Waals surface area contributed by atoms with Crippen LogP contribution in [0.25, 0.3) is 22.4 Å². The summed E-state index contributed by atoms with van der Waals surface area (Å²) in [4.78, 5) is 24.2. The van der Waals surface area contributed by atoms with Gasteiger partial charge in [0.1, 0.15) is 25.1 Å². The van der Waals surface area contributed by atoms with E-state index in [4.69, 9.17) is 9.57 Å². The van der Waals surface area contributed by atoms with Gasteiger partial charge in [-0.3, -0.25) is 14.0 Å². The second kappa shape index (κ2) is 11.2. The minimum absolute atomic E-state index is 0.110. The topological polar surface area (TPSA) is 86.0 Å². The molecule has 0 radical (unpaired) electrons. The molecule has 1 fully saturated rings. The molecule has 3 heterocycles. The highest BCUT2D eigenvalue weighted by Crippen LogP contribution is 2.48. The zero-order valence-electron chi connectivity index (χ0n) is 23.4. The van der Waals surface area contributed by atoms with E-state index in [1.54, 1.807) is 30.5 Å². The van der Waals surface area contributed by atoms with Crippen LogP contribution in [0.15, 0.2) is 58.5 Å². The van der Waals surface area contributed by atoms with Crippen molar-refractivity contribution >= 4 is 22.8 Å². The number of alkyl halides is 5. The molecular formula is C29H27F5N5O3S+. The Bertz CT molecular complexity index is 1770. The van der Waals surface area contributed by atoms with E-state index in [9.17, 15) is 32.0 Å². The highest BCUT2D eigenvalue weighted by molar-refractivity contribution is 7.99. The third-order valence-corrected chi connectivity index (χ3v) is 8.34. The number of aromatic nitrogens is 4. The maximum absolute atomic E-state index is 14.2. The van der Waals surface area contributed by atoms with Crippen molar-refractivity contribution in [2.75, 3.05) is 20.0 Å². The predicted molar refractivity (Wildman–Crippen MR) is 148 cm³/mol. The lowest BCUT2D eigenvalue weighted by atomic mass is 9.99. The van der Waals surface area contributed by atoms with E-state index in [1.807, 2.05) is 13.0 Å². The van der Waals surface area contributed by atoms with Gasteiger partial charge < -0.3 is 4.74 Å². The summed E-state index contributed by atoms with van der Waals surface area (Å²) in [7, 11) is 2.92. The molecule has 1 aromatic carbocycles. The average Bonchev–Trinajstić information content (AvgIpc) is 3.75. The summed E-state index contributed by atoms with van der Waals surface area (Å²) in [6.45, 7) is -0.0697. The van der Waals surface area contributed by atoms with Crippen LogP contribution in [0.5, 0.6) is 5.75 Å². The van der Waals surface area contributed by atoms with Crippen molar-refractivity contribution < 1.29 is 36.3 Å². The third kappa shape index (κ3) is 5.53. The van der Waals surface area contributed by atoms with Crippen LogP contribution in [0.2, 0.25) is 0 Å². The first kappa shape index (κ1) is 30.3. The van der Waals surface area contributed by atoms with E-state index in [1.165, 1.54) is 36.8 Å². The van der Waals surface area contributed by atoms with Gasteiger partial charge in [-0.25, -0.2) is 9.78 Å². The fourth-order valence-electron chi connectivity index (χ4n) is 4.90. The molecule has 8 nitrogen and oxygen atoms in total. The van der Waals surface area contributed by atoms with Gasteiger partial charge in [-0.05, 0) is 48.4 Å². The number of nitrogens with zero attached hydrogens (tertiary/aromatic N) is 5. The number of ether oxygens (including phenoxy) is 1. The van der Waals surface area contributed by atoms with Crippen molar-refractivity contribution in [3.05, 3.63) is 70.4 Å². The Balaban J connectivity index is 1.71. The van der Waals surface area contributed by atoms with Crippen molar-refractivity contribution in [3.63, 3.8) is 0 Å². The zero-order chi connectivity index (χ0) is 31.2. The highest BCUT2D eigenvalue weighted by Gasteiger charge is 2.58. The largest absolute Gasteiger partial charge is 0.497 e. The minimum Gasteiger partial charge on any atom is -0.497 e. The van der Waals surface area contributed by atoms with Gasteiger partial charge in [0.05, 0.1) is 47.3 Å². The summed E-state index contributed by atoms with van der Waals surface area (Å²) in [5, 5.41) is 9.75. The maximum Gasteiger partial charge on any atom is 0.455 e. The molecule has 0 atom stereocenters. The number of nitriles is 1. The lowest BCUT2D eigenvalue weighted by molar-refractivity contribution is -0.878. The van der Waals surface area contributed by atoms with Crippen molar-refractivity contribution in [1.29, 1.82) is 5.26 Å². The molecule has 0 bridgehead atoms. The quantitative estimate of drug-likeness (QED) is 0.139. The molecule has 0 saturated heterocycles. The number of thioether (sulfide) groups is 1. The second-order valence-corrected chi connectivity index (χ2v) is 11.4. The molecule has 226 valence electrons. The Morgan fingerprint density at radius 3 is 2.35 bits per heavy atom. The summed E-state index contributed by atoms with van der Waals surface area (Å²) >= 11 is 1.47. The molecule has 1 aliphatic rings. The van der Waals surface area contributed by atoms with Crippen LogP contribution in [-0.4, -0.2) is 46.2 Å². The fourth-order valence-corrected chi connectivity index (χ4v) is 5.75. The Morgan fingerprint density at radius 2 is 1.79 bits per heavy atom. The molecular weight excluding hydrogens is 593 g/mol. The van der Waals surface area contributed by atoms with Crippen LogP contribution >= 0.6 is 11.8 Å². The molecule has 0 amide bonds. The van der Waals surface area contributed by atoms with Gasteiger partial charge in [-0.15, -0.1) is 11.8 Å². The van der Waals surface area contributed by atoms with Gasteiger partial charge in [-0.2, -0.15) is 27.2 Å². The second-order valence-electron chi connectivity index (χ2n) is 10.1. The zero-order valence-corrected chi connectivity index (χ0v) is 24.2. The van der Waals surface area contributed by atoms with E-state index in [0.717, 1.165) is 21.2 Å². The van der Waals surface area contributed by atoms with Crippen LogP contribution in [0.1, 0.15) is 30.9 Å². The SMILES string of the molecule is CCSc1cc(C2(C#N)CC2)c[n+](OC)c1-c1cc2c(cn1)n(CC(F)(F)C(F)(F)F)c(=O)n2Cc1ccc(OC)cc1. The number of rotatable bonds is 10. The van der Waals surface area contributed by atoms with Crippen LogP contribution in [0.3, 0.4) is 0 Å². The lowest BCUT2D eigenvalue weighted by Crippen LogP contribution is -2.44. The van der Waals surface area contributed by atoms with E-state index in [-0.39, 0.29) is 17.6 Å². The van der Waals surface area contributed by atoms with Crippen molar-refractivity contribution in [1.82, 2.24) is 14.1 Å². The Hall–Kier alpha value is -4.12. The number of hydrogen-bond acceptors (Lipinski definition) is 6. The third-order valence-electron chi connectivity index (χ3n) is 7.43. The van der Waals surface area contributed by atoms with Gasteiger partial charge in [0, 0.05) is 10.3 Å². The molecule has 4 aromatic rings. The molecule has 43 heavy (non-hydrogen) atoms. The summed E-state index contributed by atoms with van der Waals surface area (Å²) in [6, 6.07) is 12.4. The average molecular weight is 621 g/mol. The number of hydrogen-bond donors (Lipinski definition) is 0. The summed E-state index contributed by atoms with van der Waals surface area (Å²) in [5.74, 6) is -3.95. The minimum atomic E-state index is -5.86. The standard InChI is InChI=1S/C29H27F5N5O3S/c1-4-43-24-11-19(27(16-35)9-10-27)15-39(42-3)25(24)21-12-22-23(13-36-21)38(17-28(30,31)29(32,33)34)26(40)37(22)14-18-5-7-20(41-2)8-6-18/h5-8,11-13,15H,4,9-10,14,17H2,1-3H3/q+1. The number of fused-ring (bicyclic) bond motifs is 1. The van der Waals surface area contributed by atoms with Crippen molar-refractivity contribution in [2.45, 2.75) is 55.3 Å². The van der Waals surface area contributed by atoms with E-state index in [0.29, 0.717) is 45.9 Å². The van der Waals surface area contributed by atoms with E-state index < -0.39 is 29.7 Å². The van der Waals surface area contributed by atoms with Crippen molar-refractivity contribution in [2.24, 2.45) is 0 Å². The number of pyridine rings is 2. The van der Waals surface area contributed by atoms with Gasteiger partial charge in [0.25, 0.3) is 5.69 Å². The van der Waals surface area contributed by atoms with Crippen LogP contribution in [0.4, 0.5) is 22.0 Å². The summed E-state index contributed by atoms with van der Waals surface area (Å²) < 4.78 is 76.1. The molecule has 0 N–H and O–H groups in total. The molecule has 3 aromatic heterocycles. The monoisotopic (exact) mass is 620 g/mol. The number of halogens is 5. The normalized spacial score (nSPS) is 14.5. The Kier molecular flexibility index (Phi) is 7.89. The van der Waals surface area contributed by atoms with Gasteiger partial charge in [0.15, 0.2) is 0 Å². The van der Waals surface area contributed by atoms with Crippen LogP contribution < -0.4 is 20.0 Å². The van der Waals surface area contributed by atoms with Gasteiger partial charge in [0.2, 0.25) is 6.20 Å². The van der Waals surface area contributed by atoms with Crippen molar-refractivity contribution in [3.8, 4) is 23.2 Å². The van der Waals surface area contributed by atoms with Crippen LogP contribution in [-0.2, 0) is 18.5 Å². The lowest BCUT2D eigenvalue weighted by Gasteiger charge is -2.19. The highest BCUT2D eigenvalue weighted by atomic mass is 32.2. The van der Waals surface area contributed by atoms with E-state index >= 15 is 0 Å². The van der Waals surface area contributed by atoms with Crippen LogP contribution in [0, 0.1) is 11.3 Å². The van der Waals surface area contributed by atoms with Gasteiger partial charge in [-0.1, -0.05) is 19.1 Å². The Morgan fingerprint density at radius 1 is 1.09 bits per heavy atom. The van der Waals surface area contributed by atoms with E-state index in [2.05, 4.69) is 11.1 Å². The fraction of sp³-hybridized carbons (Fsp3) is 0.379. The number of benzene rings is 1. The molecule has 1 aliphatic carbocycles. The van der Waals surface area contributed by atoms with Gasteiger partial charge >= 0.3 is 17.8 Å². The molecule has 5 rings (SSSR count). The smallest absolute Gasteiger partial charge is 0.455 e. The molecule has 1 saturated carbocycles. The molecule has 0 spiro atoms. The maximum atomic E-state index is 14.2. The first-order valence-corrected chi connectivity index (χ1v) is 14.2. The predicted octanol–water partition coefficient (Wildman–Crippen LogP) is 5.13. The first-order valence-electron chi connectivity index (χ1n) is 13.2. The number of methoxy groups -OCH3 is 1. The number of imidazole rings is 1. The molecule has 0 aliphatic heterocycles. The molecule has 14 heteroatoms. The summed E-state index contributed by atoms with van der Waals surface area (Å²) in [5.41, 5.74) is 0.404. The molecule has 0 unspecified atom stereocenters. The Labute approximate surface area is 247 Å². The first-order chi connectivity index (χ1) is 20.4. The summed E-state index contributed by atoms with van der Waals surface area (Å²) in [6.07, 6.45) is -1.63.